The summed E-state index contributed by atoms with van der Waals surface area (Å²) in [6.07, 6.45) is 0.428. The van der Waals surface area contributed by atoms with Crippen molar-refractivity contribution in [1.82, 2.24) is 0 Å². The maximum atomic E-state index is 12.3. The lowest BCUT2D eigenvalue weighted by Crippen LogP contribution is -2.23. The van der Waals surface area contributed by atoms with Gasteiger partial charge in [-0.25, -0.2) is 4.79 Å². The maximum absolute atomic E-state index is 12.3. The number of para-hydroxylation sites is 1. The molecular formula is C17H15Cl2NO3. The Kier molecular flexibility index (Phi) is 5.64. The predicted octanol–water partition coefficient (Wildman–Crippen LogP) is 4.51. The topological polar surface area (TPSA) is 66.4 Å². The zero-order chi connectivity index (χ0) is 17.0. The van der Waals surface area contributed by atoms with Crippen molar-refractivity contribution in [2.45, 2.75) is 13.3 Å². The molecule has 120 valence electrons. The van der Waals surface area contributed by atoms with Crippen molar-refractivity contribution in [3.63, 3.8) is 0 Å². The molecule has 1 amide bonds. The molecule has 0 radical (unpaired) electrons. The van der Waals surface area contributed by atoms with E-state index in [2.05, 4.69) is 5.32 Å². The van der Waals surface area contributed by atoms with Crippen LogP contribution in [0.4, 0.5) is 5.69 Å². The van der Waals surface area contributed by atoms with Gasteiger partial charge < -0.3 is 10.4 Å². The zero-order valence-electron chi connectivity index (χ0n) is 12.3. The summed E-state index contributed by atoms with van der Waals surface area (Å²) < 4.78 is 0. The van der Waals surface area contributed by atoms with Crippen molar-refractivity contribution in [2.75, 3.05) is 5.32 Å². The summed E-state index contributed by atoms with van der Waals surface area (Å²) in [5.41, 5.74) is 1.14. The van der Waals surface area contributed by atoms with Gasteiger partial charge in [0.25, 0.3) is 0 Å². The largest absolute Gasteiger partial charge is 0.478 e. The molecule has 0 heterocycles. The van der Waals surface area contributed by atoms with E-state index >= 15 is 0 Å². The quantitative estimate of drug-likeness (QED) is 0.832. The standard InChI is InChI=1S/C17H15Cl2NO3/c1-10(8-11-6-7-12(18)9-14(11)19)16(21)20-15-5-3-2-4-13(15)17(22)23/h2-7,9-10H,8H2,1H3,(H,20,21)(H,22,23). The third-order valence-electron chi connectivity index (χ3n) is 3.40. The van der Waals surface area contributed by atoms with Crippen molar-refractivity contribution < 1.29 is 14.7 Å². The van der Waals surface area contributed by atoms with Crippen LogP contribution in [0, 0.1) is 5.92 Å². The van der Waals surface area contributed by atoms with Gasteiger partial charge in [-0.15, -0.1) is 0 Å². The Morgan fingerprint density at radius 3 is 2.52 bits per heavy atom. The van der Waals surface area contributed by atoms with Crippen LogP contribution >= 0.6 is 23.2 Å². The number of rotatable bonds is 5. The Morgan fingerprint density at radius 1 is 1.17 bits per heavy atom. The van der Waals surface area contributed by atoms with E-state index in [-0.39, 0.29) is 23.1 Å². The average molecular weight is 352 g/mol. The fraction of sp³-hybridized carbons (Fsp3) is 0.176. The minimum Gasteiger partial charge on any atom is -0.478 e. The number of amides is 1. The Hall–Kier alpha value is -2.04. The molecule has 4 nitrogen and oxygen atoms in total. The first-order valence-electron chi connectivity index (χ1n) is 6.95. The fourth-order valence-electron chi connectivity index (χ4n) is 2.14. The van der Waals surface area contributed by atoms with Gasteiger partial charge in [-0.1, -0.05) is 48.3 Å². The third-order valence-corrected chi connectivity index (χ3v) is 3.99. The Bertz CT molecular complexity index is 746. The van der Waals surface area contributed by atoms with Crippen molar-refractivity contribution in [3.8, 4) is 0 Å². The minimum absolute atomic E-state index is 0.0533. The zero-order valence-corrected chi connectivity index (χ0v) is 13.9. The number of anilines is 1. The van der Waals surface area contributed by atoms with Gasteiger partial charge in [0.15, 0.2) is 0 Å². The summed E-state index contributed by atoms with van der Waals surface area (Å²) in [4.78, 5) is 23.5. The number of hydrogen-bond acceptors (Lipinski definition) is 2. The van der Waals surface area contributed by atoms with E-state index in [1.165, 1.54) is 6.07 Å². The van der Waals surface area contributed by atoms with Crippen LogP contribution < -0.4 is 5.32 Å². The van der Waals surface area contributed by atoms with Gasteiger partial charge in [-0.3, -0.25) is 4.79 Å². The lowest BCUT2D eigenvalue weighted by Gasteiger charge is -2.14. The Morgan fingerprint density at radius 2 is 1.87 bits per heavy atom. The number of benzene rings is 2. The highest BCUT2D eigenvalue weighted by Crippen LogP contribution is 2.24. The number of aromatic carboxylic acids is 1. The van der Waals surface area contributed by atoms with Gasteiger partial charge in [-0.2, -0.15) is 0 Å². The van der Waals surface area contributed by atoms with Gasteiger partial charge in [0.1, 0.15) is 0 Å². The summed E-state index contributed by atoms with van der Waals surface area (Å²) >= 11 is 12.0. The first-order chi connectivity index (χ1) is 10.9. The van der Waals surface area contributed by atoms with Crippen molar-refractivity contribution in [1.29, 1.82) is 0 Å². The minimum atomic E-state index is -1.09. The second-order valence-electron chi connectivity index (χ2n) is 5.18. The number of hydrogen-bond donors (Lipinski definition) is 2. The van der Waals surface area contributed by atoms with Crippen molar-refractivity contribution >= 4 is 40.8 Å². The number of carboxylic acid groups (broad SMARTS) is 1. The predicted molar refractivity (Wildman–Crippen MR) is 91.4 cm³/mol. The molecule has 2 aromatic carbocycles. The van der Waals surface area contributed by atoms with Gasteiger partial charge in [0, 0.05) is 16.0 Å². The number of carbonyl (C=O) groups excluding carboxylic acids is 1. The fourth-order valence-corrected chi connectivity index (χ4v) is 2.63. The molecule has 0 spiro atoms. The van der Waals surface area contributed by atoms with Crippen LogP contribution in [0.2, 0.25) is 10.0 Å². The SMILES string of the molecule is CC(Cc1ccc(Cl)cc1Cl)C(=O)Nc1ccccc1C(=O)O. The monoisotopic (exact) mass is 351 g/mol. The summed E-state index contributed by atoms with van der Waals surface area (Å²) in [7, 11) is 0. The van der Waals surface area contributed by atoms with Crippen LogP contribution in [-0.2, 0) is 11.2 Å². The van der Waals surface area contributed by atoms with Crippen molar-refractivity contribution in [3.05, 3.63) is 63.6 Å². The molecule has 0 saturated carbocycles. The molecule has 6 heteroatoms. The number of halogens is 2. The molecule has 23 heavy (non-hydrogen) atoms. The van der Waals surface area contributed by atoms with Crippen LogP contribution in [0.15, 0.2) is 42.5 Å². The third kappa shape index (κ3) is 4.47. The molecular weight excluding hydrogens is 337 g/mol. The summed E-state index contributed by atoms with van der Waals surface area (Å²) in [6.45, 7) is 1.75. The van der Waals surface area contributed by atoms with E-state index in [0.717, 1.165) is 5.56 Å². The van der Waals surface area contributed by atoms with Crippen LogP contribution in [0.3, 0.4) is 0 Å². The van der Waals surface area contributed by atoms with Crippen LogP contribution in [0.25, 0.3) is 0 Å². The van der Waals surface area contributed by atoms with Crippen LogP contribution in [0.5, 0.6) is 0 Å². The highest BCUT2D eigenvalue weighted by molar-refractivity contribution is 6.35. The summed E-state index contributed by atoms with van der Waals surface area (Å²) in [6, 6.07) is 11.4. The molecule has 0 aliphatic carbocycles. The second-order valence-corrected chi connectivity index (χ2v) is 6.02. The van der Waals surface area contributed by atoms with Gasteiger partial charge >= 0.3 is 5.97 Å². The van der Waals surface area contributed by atoms with Gasteiger partial charge in [0.2, 0.25) is 5.91 Å². The van der Waals surface area contributed by atoms with E-state index in [9.17, 15) is 9.59 Å². The van der Waals surface area contributed by atoms with Crippen LogP contribution in [-0.4, -0.2) is 17.0 Å². The molecule has 2 N–H and O–H groups in total. The highest BCUT2D eigenvalue weighted by atomic mass is 35.5. The van der Waals surface area contributed by atoms with Crippen LogP contribution in [0.1, 0.15) is 22.8 Å². The van der Waals surface area contributed by atoms with E-state index in [1.54, 1.807) is 43.3 Å². The van der Waals surface area contributed by atoms with E-state index in [4.69, 9.17) is 28.3 Å². The van der Waals surface area contributed by atoms with Gasteiger partial charge in [0.05, 0.1) is 11.3 Å². The first-order valence-corrected chi connectivity index (χ1v) is 7.71. The normalized spacial score (nSPS) is 11.8. The molecule has 0 aromatic heterocycles. The molecule has 0 aliphatic rings. The summed E-state index contributed by atoms with van der Waals surface area (Å²) in [5, 5.41) is 12.8. The smallest absolute Gasteiger partial charge is 0.337 e. The lowest BCUT2D eigenvalue weighted by molar-refractivity contribution is -0.119. The average Bonchev–Trinajstić information content (AvgIpc) is 2.50. The van der Waals surface area contributed by atoms with E-state index in [1.807, 2.05) is 0 Å². The van der Waals surface area contributed by atoms with Crippen molar-refractivity contribution in [2.24, 2.45) is 5.92 Å². The molecule has 0 fully saturated rings. The van der Waals surface area contributed by atoms with E-state index < -0.39 is 5.97 Å². The Labute approximate surface area is 144 Å². The molecule has 2 rings (SSSR count). The number of carbonyl (C=O) groups is 2. The van der Waals surface area contributed by atoms with E-state index in [0.29, 0.717) is 16.5 Å². The molecule has 0 bridgehead atoms. The Balaban J connectivity index is 2.10. The molecule has 2 aromatic rings. The van der Waals surface area contributed by atoms with Gasteiger partial charge in [-0.05, 0) is 36.2 Å². The molecule has 0 saturated heterocycles. The second kappa shape index (κ2) is 7.49. The number of nitrogens with one attached hydrogen (secondary N) is 1. The maximum Gasteiger partial charge on any atom is 0.337 e. The lowest BCUT2D eigenvalue weighted by atomic mass is 10.00. The molecule has 1 atom stereocenters. The molecule has 1 unspecified atom stereocenters. The summed E-state index contributed by atoms with van der Waals surface area (Å²) in [5.74, 6) is -1.74. The first kappa shape index (κ1) is 17.3. The molecule has 0 aliphatic heterocycles. The highest BCUT2D eigenvalue weighted by Gasteiger charge is 2.18. The number of carboxylic acids is 1.